The number of para-hydroxylation sites is 1. The van der Waals surface area contributed by atoms with Gasteiger partial charge in [-0.05, 0) is 50.0 Å². The first kappa shape index (κ1) is 19.7. The first-order chi connectivity index (χ1) is 13.8. The van der Waals surface area contributed by atoms with Gasteiger partial charge in [0.05, 0.1) is 34.7 Å². The number of halogens is 2. The molecular weight excluding hydrogens is 391 g/mol. The lowest BCUT2D eigenvalue weighted by Gasteiger charge is -2.29. The number of aromatic nitrogens is 1. The highest BCUT2D eigenvalue weighted by Gasteiger charge is 2.28. The van der Waals surface area contributed by atoms with Crippen LogP contribution >= 0.6 is 12.4 Å². The number of benzene rings is 1. The molecule has 152 valence electrons. The zero-order valence-corrected chi connectivity index (χ0v) is 16.8. The van der Waals surface area contributed by atoms with E-state index in [0.29, 0.717) is 19.0 Å². The average molecular weight is 415 g/mol. The molecule has 1 aromatic heterocycles. The molecule has 2 aliphatic heterocycles. The Bertz CT molecular complexity index is 1050. The van der Waals surface area contributed by atoms with Gasteiger partial charge in [0.2, 0.25) is 0 Å². The molecule has 5 rings (SSSR count). The quantitative estimate of drug-likeness (QED) is 0.790. The summed E-state index contributed by atoms with van der Waals surface area (Å²) in [6.45, 7) is 1.01. The van der Waals surface area contributed by atoms with Crippen LogP contribution in [0.15, 0.2) is 52.5 Å². The van der Waals surface area contributed by atoms with Gasteiger partial charge in [-0.1, -0.05) is 18.2 Å². The smallest absolute Gasteiger partial charge is 0.123 e. The molecule has 7 heteroatoms. The molecule has 0 saturated heterocycles. The number of H-pyrrole nitrogens is 1. The Balaban J connectivity index is 0.00000205. The number of fused-ring (bicyclic) bond motifs is 3. The molecule has 2 N–H and O–H groups in total. The standard InChI is InChI=1S/C22H23FN4O.ClH/c23-15-10-11-24-21-18-13-25-27-20(22(18)26-19(21)12-15)14-6-8-17(9-7-14)28-16-4-2-1-3-5-16;/h1-5,10,12,14,17,24,26H,6-9,11,13H2;1H/t14-,17-;. The van der Waals surface area contributed by atoms with Crippen molar-refractivity contribution >= 4 is 29.9 Å². The van der Waals surface area contributed by atoms with Crippen molar-refractivity contribution in [2.45, 2.75) is 38.3 Å². The Morgan fingerprint density at radius 1 is 1.07 bits per heavy atom. The molecule has 0 atom stereocenters. The summed E-state index contributed by atoms with van der Waals surface area (Å²) in [5, 5.41) is 14.0. The van der Waals surface area contributed by atoms with Crippen molar-refractivity contribution in [1.29, 1.82) is 0 Å². The number of anilines is 1. The lowest BCUT2D eigenvalue weighted by molar-refractivity contribution is 0.142. The van der Waals surface area contributed by atoms with E-state index in [1.165, 1.54) is 0 Å². The zero-order chi connectivity index (χ0) is 18.9. The van der Waals surface area contributed by atoms with Crippen molar-refractivity contribution in [1.82, 2.24) is 4.98 Å². The summed E-state index contributed by atoms with van der Waals surface area (Å²) in [5.74, 6) is 1.06. The van der Waals surface area contributed by atoms with E-state index in [-0.39, 0.29) is 24.3 Å². The number of rotatable bonds is 3. The Morgan fingerprint density at radius 3 is 2.66 bits per heavy atom. The van der Waals surface area contributed by atoms with E-state index < -0.39 is 0 Å². The summed E-state index contributed by atoms with van der Waals surface area (Å²) in [5.41, 5.74) is 3.06. The molecule has 0 amide bonds. The number of nitrogens with zero attached hydrogens (tertiary/aromatic N) is 2. The second-order valence-corrected chi connectivity index (χ2v) is 7.57. The Hall–Kier alpha value is -2.60. The fourth-order valence-corrected chi connectivity index (χ4v) is 4.36. The molecule has 0 spiro atoms. The van der Waals surface area contributed by atoms with E-state index in [4.69, 9.17) is 4.74 Å². The molecule has 1 aromatic carbocycles. The summed E-state index contributed by atoms with van der Waals surface area (Å²) >= 11 is 0. The number of nitrogens with one attached hydrogen (secondary N) is 2. The van der Waals surface area contributed by atoms with Crippen LogP contribution in [0.1, 0.15) is 31.2 Å². The van der Waals surface area contributed by atoms with Gasteiger partial charge in [-0.3, -0.25) is 0 Å². The third-order valence-corrected chi connectivity index (χ3v) is 5.76. The Labute approximate surface area is 174 Å². The van der Waals surface area contributed by atoms with Crippen LogP contribution in [0.25, 0.3) is 11.8 Å². The van der Waals surface area contributed by atoms with E-state index in [0.717, 1.165) is 59.1 Å². The first-order valence-electron chi connectivity index (χ1n) is 9.93. The maximum absolute atomic E-state index is 13.8. The van der Waals surface area contributed by atoms with E-state index in [9.17, 15) is 4.39 Å². The van der Waals surface area contributed by atoms with Crippen LogP contribution in [0.3, 0.4) is 0 Å². The molecule has 29 heavy (non-hydrogen) atoms. The maximum Gasteiger partial charge on any atom is 0.123 e. The summed E-state index contributed by atoms with van der Waals surface area (Å²) in [6, 6.07) is 10.0. The van der Waals surface area contributed by atoms with Crippen LogP contribution in [0.5, 0.6) is 5.75 Å². The van der Waals surface area contributed by atoms with Gasteiger partial charge in [-0.2, -0.15) is 10.2 Å². The minimum atomic E-state index is -0.223. The van der Waals surface area contributed by atoms with Crippen LogP contribution in [-0.2, 0) is 6.54 Å². The summed E-state index contributed by atoms with van der Waals surface area (Å²) < 4.78 is 20.0. The topological polar surface area (TPSA) is 61.8 Å². The van der Waals surface area contributed by atoms with E-state index in [1.807, 2.05) is 30.3 Å². The maximum atomic E-state index is 13.8. The summed E-state index contributed by atoms with van der Waals surface area (Å²) in [6.07, 6.45) is 7.36. The highest BCUT2D eigenvalue weighted by molar-refractivity contribution is 5.85. The largest absolute Gasteiger partial charge is 0.490 e. The summed E-state index contributed by atoms with van der Waals surface area (Å²) in [4.78, 5) is 3.40. The number of azo groups is 1. The highest BCUT2D eigenvalue weighted by Crippen LogP contribution is 2.34. The molecule has 0 radical (unpaired) electrons. The number of hydrogen-bond donors (Lipinski definition) is 2. The molecular formula is C22H24ClFN4O. The molecule has 1 aliphatic carbocycles. The summed E-state index contributed by atoms with van der Waals surface area (Å²) in [7, 11) is 0. The minimum absolute atomic E-state index is 0. The predicted molar refractivity (Wildman–Crippen MR) is 114 cm³/mol. The van der Waals surface area contributed by atoms with Gasteiger partial charge in [0.25, 0.3) is 0 Å². The van der Waals surface area contributed by atoms with Crippen LogP contribution in [0.2, 0.25) is 0 Å². The van der Waals surface area contributed by atoms with Crippen molar-refractivity contribution in [3.63, 3.8) is 0 Å². The fraction of sp³-hybridized carbons (Fsp3) is 0.364. The van der Waals surface area contributed by atoms with Gasteiger partial charge in [0, 0.05) is 18.0 Å². The molecule has 5 nitrogen and oxygen atoms in total. The van der Waals surface area contributed by atoms with Crippen LogP contribution in [0, 0.1) is 5.92 Å². The van der Waals surface area contributed by atoms with E-state index in [2.05, 4.69) is 20.5 Å². The fourth-order valence-electron chi connectivity index (χ4n) is 4.36. The molecule has 0 bridgehead atoms. The second kappa shape index (κ2) is 8.41. The first-order valence-corrected chi connectivity index (χ1v) is 9.93. The Kier molecular flexibility index (Phi) is 5.72. The number of allylic oxidation sites excluding steroid dienone is 1. The van der Waals surface area contributed by atoms with Gasteiger partial charge in [-0.15, -0.1) is 12.4 Å². The van der Waals surface area contributed by atoms with Gasteiger partial charge in [0.1, 0.15) is 11.6 Å². The molecule has 0 unspecified atom stereocenters. The molecule has 1 fully saturated rings. The monoisotopic (exact) mass is 414 g/mol. The average Bonchev–Trinajstić information content (AvgIpc) is 2.95. The van der Waals surface area contributed by atoms with Gasteiger partial charge in [-0.25, -0.2) is 4.39 Å². The number of ether oxygens (including phenoxy) is 1. The van der Waals surface area contributed by atoms with Crippen LogP contribution in [-0.4, -0.2) is 17.6 Å². The predicted octanol–water partition coefficient (Wildman–Crippen LogP) is 4.21. The second-order valence-electron chi connectivity index (χ2n) is 7.57. The lowest BCUT2D eigenvalue weighted by atomic mass is 9.84. The number of aromatic amines is 1. The lowest BCUT2D eigenvalue weighted by Crippen LogP contribution is -2.28. The molecule has 1 saturated carbocycles. The van der Waals surface area contributed by atoms with Crippen molar-refractivity contribution in [2.75, 3.05) is 11.9 Å². The normalized spacial score (nSPS) is 22.8. The molecule has 3 aliphatic rings. The zero-order valence-electron chi connectivity index (χ0n) is 16.0. The van der Waals surface area contributed by atoms with E-state index >= 15 is 0 Å². The van der Waals surface area contributed by atoms with Gasteiger partial charge in [0.15, 0.2) is 0 Å². The third kappa shape index (κ3) is 3.94. The van der Waals surface area contributed by atoms with Crippen molar-refractivity contribution in [2.24, 2.45) is 16.1 Å². The van der Waals surface area contributed by atoms with Crippen molar-refractivity contribution in [3.8, 4) is 5.75 Å². The van der Waals surface area contributed by atoms with Crippen molar-refractivity contribution in [3.05, 3.63) is 58.5 Å². The third-order valence-electron chi connectivity index (χ3n) is 5.76. The molecule has 3 heterocycles. The number of hydrogen-bond acceptors (Lipinski definition) is 4. The van der Waals surface area contributed by atoms with Gasteiger partial charge < -0.3 is 15.0 Å². The Morgan fingerprint density at radius 2 is 1.86 bits per heavy atom. The molecule has 2 aromatic rings. The van der Waals surface area contributed by atoms with Crippen LogP contribution in [0.4, 0.5) is 10.1 Å². The minimum Gasteiger partial charge on any atom is -0.490 e. The van der Waals surface area contributed by atoms with E-state index in [1.54, 1.807) is 12.2 Å². The van der Waals surface area contributed by atoms with Crippen molar-refractivity contribution < 1.29 is 9.13 Å². The highest BCUT2D eigenvalue weighted by atomic mass is 35.5. The SMILES string of the molecule is Cl.FC1=CCNc2c3c([nH]c2=C1)=C([C@H]1CC[C@H](Oc2ccccc2)CC1)N=NC3. The van der Waals surface area contributed by atoms with Gasteiger partial charge >= 0.3 is 0 Å². The van der Waals surface area contributed by atoms with Crippen LogP contribution < -0.4 is 20.8 Å².